The number of carbonyl (C=O) groups excluding carboxylic acids is 1. The van der Waals surface area contributed by atoms with Gasteiger partial charge in [-0.1, -0.05) is 22.0 Å². The van der Waals surface area contributed by atoms with Crippen LogP contribution in [0, 0.1) is 0 Å². The second-order valence-corrected chi connectivity index (χ2v) is 6.58. The Morgan fingerprint density at radius 3 is 2.67 bits per heavy atom. The molecule has 0 radical (unpaired) electrons. The number of ether oxygens (including phenoxy) is 1. The van der Waals surface area contributed by atoms with E-state index in [1.54, 1.807) is 0 Å². The van der Waals surface area contributed by atoms with Crippen LogP contribution in [0.15, 0.2) is 22.7 Å². The lowest BCUT2D eigenvalue weighted by Crippen LogP contribution is -2.39. The first-order chi connectivity index (χ1) is 8.33. The Morgan fingerprint density at radius 1 is 1.33 bits per heavy atom. The van der Waals surface area contributed by atoms with Gasteiger partial charge in [0.1, 0.15) is 5.60 Å². The lowest BCUT2D eigenvalue weighted by Gasteiger charge is -2.21. The van der Waals surface area contributed by atoms with Crippen LogP contribution in [0.25, 0.3) is 0 Å². The van der Waals surface area contributed by atoms with E-state index in [4.69, 9.17) is 4.74 Å². The predicted octanol–water partition coefficient (Wildman–Crippen LogP) is 3.44. The Morgan fingerprint density at radius 2 is 2.00 bits per heavy atom. The molecule has 1 aliphatic carbocycles. The molecule has 0 fully saturated rings. The van der Waals surface area contributed by atoms with Gasteiger partial charge < -0.3 is 10.1 Å². The van der Waals surface area contributed by atoms with Crippen molar-refractivity contribution in [1.29, 1.82) is 0 Å². The number of carbonyl (C=O) groups is 1. The number of hydrogen-bond donors (Lipinski definition) is 1. The first-order valence-electron chi connectivity index (χ1n) is 6.10. The van der Waals surface area contributed by atoms with E-state index in [-0.39, 0.29) is 12.1 Å². The van der Waals surface area contributed by atoms with Crippen molar-refractivity contribution in [3.63, 3.8) is 0 Å². The summed E-state index contributed by atoms with van der Waals surface area (Å²) in [5.41, 5.74) is 2.16. The van der Waals surface area contributed by atoms with E-state index in [0.717, 1.165) is 17.3 Å². The molecule has 0 aromatic heterocycles. The molecule has 0 saturated heterocycles. The zero-order valence-electron chi connectivity index (χ0n) is 10.9. The third-order valence-electron chi connectivity index (χ3n) is 2.82. The summed E-state index contributed by atoms with van der Waals surface area (Å²) in [5, 5.41) is 2.93. The summed E-state index contributed by atoms with van der Waals surface area (Å²) in [5.74, 6) is 0. The maximum Gasteiger partial charge on any atom is 0.407 e. The molecule has 1 atom stereocenters. The molecule has 0 aliphatic heterocycles. The highest BCUT2D eigenvalue weighted by Crippen LogP contribution is 2.25. The van der Waals surface area contributed by atoms with Crippen LogP contribution in [0.5, 0.6) is 0 Å². The van der Waals surface area contributed by atoms with Gasteiger partial charge in [0.15, 0.2) is 0 Å². The molecule has 0 saturated carbocycles. The molecular weight excluding hydrogens is 294 g/mol. The topological polar surface area (TPSA) is 38.3 Å². The van der Waals surface area contributed by atoms with Gasteiger partial charge in [-0.15, -0.1) is 0 Å². The van der Waals surface area contributed by atoms with Crippen molar-refractivity contribution in [1.82, 2.24) is 5.32 Å². The van der Waals surface area contributed by atoms with Gasteiger partial charge in [0.2, 0.25) is 0 Å². The molecule has 1 aliphatic rings. The predicted molar refractivity (Wildman–Crippen MR) is 74.7 cm³/mol. The molecule has 0 spiro atoms. The summed E-state index contributed by atoms with van der Waals surface area (Å²) < 4.78 is 6.35. The molecule has 1 amide bonds. The number of fused-ring (bicyclic) bond motifs is 1. The van der Waals surface area contributed by atoms with Gasteiger partial charge in [0, 0.05) is 10.5 Å². The molecule has 2 rings (SSSR count). The average Bonchev–Trinajstić information content (AvgIpc) is 2.55. The van der Waals surface area contributed by atoms with Gasteiger partial charge in [0.25, 0.3) is 0 Å². The van der Waals surface area contributed by atoms with Crippen molar-refractivity contribution < 1.29 is 9.53 Å². The maximum absolute atomic E-state index is 11.7. The fraction of sp³-hybridized carbons (Fsp3) is 0.500. The Labute approximate surface area is 116 Å². The van der Waals surface area contributed by atoms with E-state index in [2.05, 4.69) is 33.4 Å². The largest absolute Gasteiger partial charge is 0.444 e. The van der Waals surface area contributed by atoms with Crippen LogP contribution in [-0.4, -0.2) is 17.7 Å². The second-order valence-electron chi connectivity index (χ2n) is 5.66. The second kappa shape index (κ2) is 4.92. The van der Waals surface area contributed by atoms with Crippen LogP contribution >= 0.6 is 15.9 Å². The van der Waals surface area contributed by atoms with E-state index in [1.807, 2.05) is 26.8 Å². The molecule has 1 aromatic rings. The van der Waals surface area contributed by atoms with Crippen molar-refractivity contribution in [2.24, 2.45) is 0 Å². The Bertz CT molecular complexity index is 465. The fourth-order valence-corrected chi connectivity index (χ4v) is 2.57. The smallest absolute Gasteiger partial charge is 0.407 e. The van der Waals surface area contributed by atoms with E-state index >= 15 is 0 Å². The molecule has 4 heteroatoms. The van der Waals surface area contributed by atoms with E-state index in [9.17, 15) is 4.79 Å². The molecule has 98 valence electrons. The molecular formula is C14H18BrNO2. The number of benzene rings is 1. The monoisotopic (exact) mass is 311 g/mol. The van der Waals surface area contributed by atoms with Gasteiger partial charge in [0.05, 0.1) is 0 Å². The maximum atomic E-state index is 11.7. The summed E-state index contributed by atoms with van der Waals surface area (Å²) in [6, 6.07) is 6.40. The lowest BCUT2D eigenvalue weighted by atomic mass is 10.1. The number of hydrogen-bond acceptors (Lipinski definition) is 2. The third-order valence-corrected chi connectivity index (χ3v) is 3.32. The van der Waals surface area contributed by atoms with Crippen LogP contribution in [0.3, 0.4) is 0 Å². The summed E-state index contributed by atoms with van der Waals surface area (Å²) in [6.45, 7) is 5.60. The fourth-order valence-electron chi connectivity index (χ4n) is 2.16. The standard InChI is InChI=1S/C14H18BrNO2/c1-14(2,3)18-13(17)16-12-7-9-4-5-11(15)6-10(9)8-12/h4-6,12H,7-8H2,1-3H3,(H,16,17)/t12-/m0/s1. The van der Waals surface area contributed by atoms with Crippen LogP contribution in [0.2, 0.25) is 0 Å². The highest BCUT2D eigenvalue weighted by Gasteiger charge is 2.25. The normalized spacial score (nSPS) is 18.3. The molecule has 0 bridgehead atoms. The van der Waals surface area contributed by atoms with Crippen LogP contribution in [0.1, 0.15) is 31.9 Å². The Kier molecular flexibility index (Phi) is 3.66. The molecule has 1 aromatic carbocycles. The van der Waals surface area contributed by atoms with Crippen molar-refractivity contribution >= 4 is 22.0 Å². The summed E-state index contributed by atoms with van der Waals surface area (Å²) >= 11 is 3.46. The molecule has 0 unspecified atom stereocenters. The van der Waals surface area contributed by atoms with Crippen molar-refractivity contribution in [2.75, 3.05) is 0 Å². The number of halogens is 1. The van der Waals surface area contributed by atoms with E-state index in [0.29, 0.717) is 0 Å². The molecule has 1 N–H and O–H groups in total. The first-order valence-corrected chi connectivity index (χ1v) is 6.89. The molecule has 3 nitrogen and oxygen atoms in total. The third kappa shape index (κ3) is 3.48. The number of amides is 1. The molecule has 18 heavy (non-hydrogen) atoms. The number of alkyl carbamates (subject to hydrolysis) is 1. The van der Waals surface area contributed by atoms with Crippen LogP contribution in [-0.2, 0) is 17.6 Å². The highest BCUT2D eigenvalue weighted by atomic mass is 79.9. The van der Waals surface area contributed by atoms with Gasteiger partial charge in [-0.3, -0.25) is 0 Å². The van der Waals surface area contributed by atoms with Crippen LogP contribution < -0.4 is 5.32 Å². The van der Waals surface area contributed by atoms with Gasteiger partial charge in [-0.25, -0.2) is 4.79 Å². The zero-order valence-corrected chi connectivity index (χ0v) is 12.5. The van der Waals surface area contributed by atoms with Crippen molar-refractivity contribution in [2.45, 2.75) is 45.3 Å². The van der Waals surface area contributed by atoms with Crippen LogP contribution in [0.4, 0.5) is 4.79 Å². The lowest BCUT2D eigenvalue weighted by molar-refractivity contribution is 0.0506. The minimum absolute atomic E-state index is 0.143. The van der Waals surface area contributed by atoms with Gasteiger partial charge >= 0.3 is 6.09 Å². The molecule has 0 heterocycles. The zero-order chi connectivity index (χ0) is 13.3. The minimum atomic E-state index is -0.446. The van der Waals surface area contributed by atoms with E-state index in [1.165, 1.54) is 11.1 Å². The Hall–Kier alpha value is -1.03. The number of nitrogens with one attached hydrogen (secondary N) is 1. The number of rotatable bonds is 1. The summed E-state index contributed by atoms with van der Waals surface area (Å²) in [7, 11) is 0. The van der Waals surface area contributed by atoms with Gasteiger partial charge in [-0.2, -0.15) is 0 Å². The van der Waals surface area contributed by atoms with Gasteiger partial charge in [-0.05, 0) is 56.9 Å². The SMILES string of the molecule is CC(C)(C)OC(=O)N[C@H]1Cc2ccc(Br)cc2C1. The summed E-state index contributed by atoms with van der Waals surface area (Å²) in [6.07, 6.45) is 1.41. The van der Waals surface area contributed by atoms with Crippen molar-refractivity contribution in [3.8, 4) is 0 Å². The first kappa shape index (κ1) is 13.4. The van der Waals surface area contributed by atoms with E-state index < -0.39 is 5.60 Å². The Balaban J connectivity index is 1.94. The minimum Gasteiger partial charge on any atom is -0.444 e. The highest BCUT2D eigenvalue weighted by molar-refractivity contribution is 9.10. The quantitative estimate of drug-likeness (QED) is 0.862. The van der Waals surface area contributed by atoms with Crippen molar-refractivity contribution in [3.05, 3.63) is 33.8 Å². The average molecular weight is 312 g/mol. The summed E-state index contributed by atoms with van der Waals surface area (Å²) in [4.78, 5) is 11.7.